The van der Waals surface area contributed by atoms with E-state index in [2.05, 4.69) is 5.32 Å². The van der Waals surface area contributed by atoms with E-state index in [1.165, 1.54) is 19.2 Å². The third kappa shape index (κ3) is 8.82. The number of hydrogen-bond donors (Lipinski definition) is 1. The summed E-state index contributed by atoms with van der Waals surface area (Å²) < 4.78 is 30.3. The lowest BCUT2D eigenvalue weighted by molar-refractivity contribution is -0.158. The van der Waals surface area contributed by atoms with E-state index in [1.807, 2.05) is 12.1 Å². The van der Waals surface area contributed by atoms with Gasteiger partial charge in [-0.15, -0.1) is 0 Å². The van der Waals surface area contributed by atoms with Gasteiger partial charge in [-0.25, -0.2) is 9.18 Å². The highest BCUT2D eigenvalue weighted by atomic mass is 35.5. The summed E-state index contributed by atoms with van der Waals surface area (Å²) in [7, 11) is 1.52. The van der Waals surface area contributed by atoms with E-state index in [4.69, 9.17) is 25.8 Å². The number of ether oxygens (including phenoxy) is 3. The van der Waals surface area contributed by atoms with E-state index in [9.17, 15) is 14.0 Å². The summed E-state index contributed by atoms with van der Waals surface area (Å²) in [5.41, 5.74) is 0.326. The molecule has 35 heavy (non-hydrogen) atoms. The Morgan fingerprint density at radius 1 is 1.09 bits per heavy atom. The van der Waals surface area contributed by atoms with Crippen molar-refractivity contribution in [3.8, 4) is 11.1 Å². The quantitative estimate of drug-likeness (QED) is 0.388. The number of amides is 1. The first kappa shape index (κ1) is 28.6. The van der Waals surface area contributed by atoms with Crippen molar-refractivity contribution in [1.29, 1.82) is 0 Å². The van der Waals surface area contributed by atoms with E-state index >= 15 is 0 Å². The van der Waals surface area contributed by atoms with Gasteiger partial charge in [-0.1, -0.05) is 35.9 Å². The molecule has 2 aromatic rings. The molecule has 0 aromatic heterocycles. The Morgan fingerprint density at radius 3 is 2.31 bits per heavy atom. The van der Waals surface area contributed by atoms with Gasteiger partial charge >= 0.3 is 12.1 Å². The van der Waals surface area contributed by atoms with Crippen LogP contribution in [-0.2, 0) is 25.4 Å². The molecule has 0 fully saturated rings. The second-order valence-electron chi connectivity index (χ2n) is 9.79. The molecule has 1 amide bonds. The van der Waals surface area contributed by atoms with Crippen LogP contribution in [0.2, 0.25) is 5.02 Å². The fraction of sp³-hybridized carbons (Fsp3) is 0.481. The van der Waals surface area contributed by atoms with E-state index < -0.39 is 29.1 Å². The van der Waals surface area contributed by atoms with Crippen molar-refractivity contribution in [2.45, 2.75) is 59.1 Å². The van der Waals surface area contributed by atoms with Crippen LogP contribution in [0.15, 0.2) is 42.5 Å². The van der Waals surface area contributed by atoms with Gasteiger partial charge in [0, 0.05) is 23.7 Å². The molecule has 6 nitrogen and oxygen atoms in total. The van der Waals surface area contributed by atoms with Crippen LogP contribution >= 0.6 is 11.6 Å². The summed E-state index contributed by atoms with van der Waals surface area (Å²) in [6.07, 6.45) is 0.101. The van der Waals surface area contributed by atoms with Gasteiger partial charge in [0.25, 0.3) is 0 Å². The van der Waals surface area contributed by atoms with Crippen molar-refractivity contribution in [3.63, 3.8) is 0 Å². The lowest BCUT2D eigenvalue weighted by atomic mass is 9.82. The molecule has 0 aliphatic carbocycles. The Labute approximate surface area is 212 Å². The molecule has 0 saturated carbocycles. The maximum absolute atomic E-state index is 14.3. The van der Waals surface area contributed by atoms with Crippen molar-refractivity contribution in [1.82, 2.24) is 5.32 Å². The Morgan fingerprint density at radius 2 is 1.74 bits per heavy atom. The van der Waals surface area contributed by atoms with Crippen LogP contribution in [0, 0.1) is 11.2 Å². The average Bonchev–Trinajstić information content (AvgIpc) is 2.75. The van der Waals surface area contributed by atoms with Gasteiger partial charge in [-0.05, 0) is 76.8 Å². The van der Waals surface area contributed by atoms with Gasteiger partial charge in [-0.2, -0.15) is 0 Å². The summed E-state index contributed by atoms with van der Waals surface area (Å²) >= 11 is 6.03. The number of carbonyl (C=O) groups is 2. The third-order valence-electron chi connectivity index (χ3n) is 5.32. The molecule has 2 rings (SSSR count). The number of carbonyl (C=O) groups excluding carboxylic acids is 2. The zero-order valence-corrected chi connectivity index (χ0v) is 22.0. The van der Waals surface area contributed by atoms with Crippen molar-refractivity contribution < 1.29 is 28.2 Å². The molecule has 2 aromatic carbocycles. The molecule has 0 spiro atoms. The first-order valence-corrected chi connectivity index (χ1v) is 11.9. The molecule has 0 aliphatic rings. The van der Waals surface area contributed by atoms with Crippen molar-refractivity contribution in [2.75, 3.05) is 20.3 Å². The summed E-state index contributed by atoms with van der Waals surface area (Å²) in [5, 5.41) is 3.34. The van der Waals surface area contributed by atoms with Crippen LogP contribution in [-0.4, -0.2) is 44.0 Å². The maximum Gasteiger partial charge on any atom is 0.407 e. The fourth-order valence-corrected chi connectivity index (χ4v) is 4.01. The molecular weight excluding hydrogens is 473 g/mol. The second-order valence-corrected chi connectivity index (χ2v) is 10.2. The highest BCUT2D eigenvalue weighted by Gasteiger charge is 2.38. The topological polar surface area (TPSA) is 73.9 Å². The number of benzene rings is 2. The molecule has 0 bridgehead atoms. The van der Waals surface area contributed by atoms with Crippen molar-refractivity contribution >= 4 is 23.7 Å². The minimum atomic E-state index is -0.978. The average molecular weight is 508 g/mol. The van der Waals surface area contributed by atoms with Crippen molar-refractivity contribution in [2.24, 2.45) is 5.41 Å². The molecule has 0 saturated heterocycles. The van der Waals surface area contributed by atoms with Crippen LogP contribution in [0.5, 0.6) is 0 Å². The molecule has 0 heterocycles. The predicted octanol–water partition coefficient (Wildman–Crippen LogP) is 6.19. The predicted molar refractivity (Wildman–Crippen MR) is 135 cm³/mol. The Balaban J connectivity index is 2.29. The summed E-state index contributed by atoms with van der Waals surface area (Å²) in [5.74, 6) is -0.763. The van der Waals surface area contributed by atoms with E-state index in [0.29, 0.717) is 22.6 Å². The fourth-order valence-electron chi connectivity index (χ4n) is 3.84. The first-order chi connectivity index (χ1) is 16.4. The lowest BCUT2D eigenvalue weighted by Crippen LogP contribution is -2.46. The number of rotatable bonds is 10. The van der Waals surface area contributed by atoms with Crippen LogP contribution < -0.4 is 5.32 Å². The molecule has 2 atom stereocenters. The Kier molecular flexibility index (Phi) is 10.1. The number of esters is 1. The van der Waals surface area contributed by atoms with Crippen LogP contribution in [0.25, 0.3) is 11.1 Å². The largest absolute Gasteiger partial charge is 0.466 e. The van der Waals surface area contributed by atoms with Gasteiger partial charge in [0.1, 0.15) is 11.4 Å². The molecule has 8 heteroatoms. The zero-order valence-electron chi connectivity index (χ0n) is 21.2. The van der Waals surface area contributed by atoms with Crippen LogP contribution in [0.1, 0.15) is 46.6 Å². The molecule has 0 aliphatic heterocycles. The molecule has 1 unspecified atom stereocenters. The Bertz CT molecular complexity index is 1010. The summed E-state index contributed by atoms with van der Waals surface area (Å²) in [6.45, 7) is 9.21. The molecule has 192 valence electrons. The number of methoxy groups -OCH3 is 1. The molecular formula is C27H35ClFNO5. The third-order valence-corrected chi connectivity index (χ3v) is 5.56. The normalized spacial score (nSPS) is 14.1. The zero-order chi connectivity index (χ0) is 26.2. The minimum Gasteiger partial charge on any atom is -0.466 e. The molecule has 0 radical (unpaired) electrons. The highest BCUT2D eigenvalue weighted by Crippen LogP contribution is 2.29. The van der Waals surface area contributed by atoms with Crippen LogP contribution in [0.3, 0.4) is 0 Å². The van der Waals surface area contributed by atoms with Gasteiger partial charge in [0.2, 0.25) is 0 Å². The standard InChI is InChI=1S/C27H35ClFNO5/c1-7-34-24(31)27(5,17-33-6)16-21(30-25(32)35-26(2,3)4)14-18-8-10-19(11-9-18)22-15-20(28)12-13-23(22)29/h8-13,15,21H,7,14,16-17H2,1-6H3,(H,30,32)/t21-,27?/m1/s1. The van der Waals surface area contributed by atoms with Crippen LogP contribution in [0.4, 0.5) is 9.18 Å². The number of hydrogen-bond acceptors (Lipinski definition) is 5. The highest BCUT2D eigenvalue weighted by molar-refractivity contribution is 6.30. The monoisotopic (exact) mass is 507 g/mol. The van der Waals surface area contributed by atoms with Gasteiger partial charge < -0.3 is 19.5 Å². The van der Waals surface area contributed by atoms with E-state index in [0.717, 1.165) is 5.56 Å². The van der Waals surface area contributed by atoms with Crippen molar-refractivity contribution in [3.05, 3.63) is 58.9 Å². The maximum atomic E-state index is 14.3. The van der Waals surface area contributed by atoms with Gasteiger partial charge in [0.05, 0.1) is 18.6 Å². The first-order valence-electron chi connectivity index (χ1n) is 11.6. The number of nitrogens with one attached hydrogen (secondary N) is 1. The SMILES string of the molecule is CCOC(=O)C(C)(COC)C[C@@H](Cc1ccc(-c2cc(Cl)ccc2F)cc1)NC(=O)OC(C)(C)C. The second kappa shape index (κ2) is 12.4. The van der Waals surface area contributed by atoms with Gasteiger partial charge in [-0.3, -0.25) is 4.79 Å². The number of halogens is 2. The van der Waals surface area contributed by atoms with E-state index in [1.54, 1.807) is 52.8 Å². The molecule has 1 N–H and O–H groups in total. The lowest BCUT2D eigenvalue weighted by Gasteiger charge is -2.31. The summed E-state index contributed by atoms with van der Waals surface area (Å²) in [4.78, 5) is 25.3. The minimum absolute atomic E-state index is 0.130. The van der Waals surface area contributed by atoms with E-state index in [-0.39, 0.29) is 25.5 Å². The smallest absolute Gasteiger partial charge is 0.407 e. The number of alkyl carbamates (subject to hydrolysis) is 1. The van der Waals surface area contributed by atoms with Gasteiger partial charge in [0.15, 0.2) is 0 Å². The summed E-state index contributed by atoms with van der Waals surface area (Å²) in [6, 6.07) is 11.3. The Hall–Kier alpha value is -2.64.